The molecule has 3 rings (SSSR count). The first kappa shape index (κ1) is 23.6. The van der Waals surface area contributed by atoms with Gasteiger partial charge < -0.3 is 10.2 Å². The van der Waals surface area contributed by atoms with Crippen LogP contribution in [0.15, 0.2) is 15.7 Å². The van der Waals surface area contributed by atoms with E-state index in [9.17, 15) is 19.0 Å². The van der Waals surface area contributed by atoms with Gasteiger partial charge in [0.1, 0.15) is 0 Å². The summed E-state index contributed by atoms with van der Waals surface area (Å²) in [5, 5.41) is 25.3. The topological polar surface area (TPSA) is 68.1 Å². The Morgan fingerprint density at radius 1 is 1.41 bits per heavy atom. The van der Waals surface area contributed by atoms with Crippen molar-refractivity contribution in [2.24, 2.45) is 10.5 Å². The third-order valence-electron chi connectivity index (χ3n) is 5.94. The number of halogens is 3. The smallest absolute Gasteiger partial charge is 0.252 e. The third-order valence-corrected chi connectivity index (χ3v) is 9.36. The molecule has 0 aromatic carbocycles. The molecule has 3 aliphatic rings. The van der Waals surface area contributed by atoms with Crippen molar-refractivity contribution in [3.8, 4) is 0 Å². The Morgan fingerprint density at radius 3 is 2.66 bits per heavy atom. The van der Waals surface area contributed by atoms with E-state index >= 15 is 0 Å². The van der Waals surface area contributed by atoms with Crippen LogP contribution in [0.5, 0.6) is 0 Å². The highest BCUT2D eigenvalue weighted by Crippen LogP contribution is 2.65. The molecule has 0 saturated heterocycles. The number of hydrogen-bond donors (Lipinski definition) is 3. The van der Waals surface area contributed by atoms with Gasteiger partial charge in [0.05, 0.1) is 9.78 Å². The number of alkyl halides is 3. The normalized spacial score (nSPS) is 34.1. The molecule has 0 aromatic rings. The zero-order valence-electron chi connectivity index (χ0n) is 17.4. The van der Waals surface area contributed by atoms with Gasteiger partial charge in [-0.05, 0) is 48.7 Å². The highest BCUT2D eigenvalue weighted by Gasteiger charge is 2.60. The van der Waals surface area contributed by atoms with Gasteiger partial charge in [-0.25, -0.2) is 8.78 Å². The Balaban J connectivity index is 2.00. The number of rotatable bonds is 6. The number of hydrazone groups is 1. The molecule has 1 fully saturated rings. The van der Waals surface area contributed by atoms with Gasteiger partial charge in [0.2, 0.25) is 0 Å². The standard InChI is InChI=1S/C19H30BrF2N3O2S2/c1-6-7-8-12-17(4)10-19(21,22)9-11(17)13(28-12)25-15(23-24-18(25,5)20)29-16(2,3)14(26)27/h12,14,24,26-27H,6-10H2,1-5H3. The Hall–Kier alpha value is -0.0300. The van der Waals surface area contributed by atoms with E-state index in [4.69, 9.17) is 0 Å². The van der Waals surface area contributed by atoms with E-state index in [0.29, 0.717) is 5.17 Å². The Bertz CT molecular complexity index is 730. The number of fused-ring (bicyclic) bond motifs is 1. The number of nitrogens with zero attached hydrogens (tertiary/aromatic N) is 2. The number of nitrogens with one attached hydrogen (secondary N) is 1. The van der Waals surface area contributed by atoms with E-state index in [1.807, 2.05) is 18.7 Å². The van der Waals surface area contributed by atoms with Crippen LogP contribution in [0.25, 0.3) is 0 Å². The molecule has 10 heteroatoms. The van der Waals surface area contributed by atoms with Crippen molar-refractivity contribution in [1.82, 2.24) is 10.3 Å². The summed E-state index contributed by atoms with van der Waals surface area (Å²) in [6.07, 6.45) is 1.01. The second-order valence-electron chi connectivity index (χ2n) is 9.03. The summed E-state index contributed by atoms with van der Waals surface area (Å²) in [6, 6.07) is 0. The SMILES string of the molecule is CCCCC1SC(N2C(SC(C)(C)C(O)O)=NNC2(C)Br)=C2CC(F)(F)CC21C. The Kier molecular flexibility index (Phi) is 6.38. The van der Waals surface area contributed by atoms with Crippen molar-refractivity contribution >= 4 is 44.6 Å². The van der Waals surface area contributed by atoms with Gasteiger partial charge in [-0.3, -0.25) is 10.3 Å². The van der Waals surface area contributed by atoms with Crippen molar-refractivity contribution in [2.45, 2.75) is 93.5 Å². The van der Waals surface area contributed by atoms with Crippen molar-refractivity contribution in [1.29, 1.82) is 0 Å². The minimum absolute atomic E-state index is 0.0902. The van der Waals surface area contributed by atoms with Gasteiger partial charge in [0.15, 0.2) is 16.0 Å². The van der Waals surface area contributed by atoms with Crippen LogP contribution in [0.1, 0.15) is 66.7 Å². The summed E-state index contributed by atoms with van der Waals surface area (Å²) in [6.45, 7) is 9.40. The first-order chi connectivity index (χ1) is 13.2. The van der Waals surface area contributed by atoms with Gasteiger partial charge in [-0.2, -0.15) is 5.10 Å². The molecule has 2 heterocycles. The lowest BCUT2D eigenvalue weighted by Gasteiger charge is -2.35. The molecule has 0 radical (unpaired) electrons. The Labute approximate surface area is 188 Å². The van der Waals surface area contributed by atoms with Gasteiger partial charge >= 0.3 is 0 Å². The van der Waals surface area contributed by atoms with Crippen LogP contribution in [0.4, 0.5) is 8.78 Å². The highest BCUT2D eigenvalue weighted by atomic mass is 79.9. The molecule has 166 valence electrons. The molecule has 0 bridgehead atoms. The van der Waals surface area contributed by atoms with E-state index < -0.39 is 26.9 Å². The molecule has 0 amide bonds. The summed E-state index contributed by atoms with van der Waals surface area (Å²) in [5.41, 5.74) is 3.26. The number of hydrogen-bond acceptors (Lipinski definition) is 7. The van der Waals surface area contributed by atoms with Crippen molar-refractivity contribution < 1.29 is 19.0 Å². The van der Waals surface area contributed by atoms with Crippen LogP contribution in [-0.4, -0.2) is 47.1 Å². The monoisotopic (exact) mass is 513 g/mol. The fourth-order valence-electron chi connectivity index (χ4n) is 4.15. The minimum atomic E-state index is -2.71. The average molecular weight is 515 g/mol. The van der Waals surface area contributed by atoms with Gasteiger partial charge in [0, 0.05) is 23.5 Å². The summed E-state index contributed by atoms with van der Waals surface area (Å²) < 4.78 is 27.4. The summed E-state index contributed by atoms with van der Waals surface area (Å²) in [5.74, 6) is -2.71. The molecule has 1 aliphatic carbocycles. The summed E-state index contributed by atoms with van der Waals surface area (Å²) in [7, 11) is 0. The second kappa shape index (κ2) is 7.83. The van der Waals surface area contributed by atoms with Crippen LogP contribution in [0.3, 0.4) is 0 Å². The van der Waals surface area contributed by atoms with Crippen LogP contribution < -0.4 is 5.43 Å². The van der Waals surface area contributed by atoms with E-state index in [1.54, 1.807) is 25.6 Å². The van der Waals surface area contributed by atoms with E-state index in [1.165, 1.54) is 11.8 Å². The number of aliphatic hydroxyl groups excluding tert-OH is 1. The first-order valence-corrected chi connectivity index (χ1v) is 12.4. The molecular weight excluding hydrogens is 484 g/mol. The maximum absolute atomic E-state index is 14.5. The third kappa shape index (κ3) is 4.33. The van der Waals surface area contributed by atoms with Crippen LogP contribution >= 0.6 is 39.5 Å². The maximum Gasteiger partial charge on any atom is 0.252 e. The molecule has 2 aliphatic heterocycles. The lowest BCUT2D eigenvalue weighted by molar-refractivity contribution is -0.0603. The van der Waals surface area contributed by atoms with Crippen molar-refractivity contribution in [3.63, 3.8) is 0 Å². The summed E-state index contributed by atoms with van der Waals surface area (Å²) in [4.78, 5) is 1.91. The number of aliphatic hydroxyl groups is 2. The molecule has 3 atom stereocenters. The van der Waals surface area contributed by atoms with Crippen molar-refractivity contribution in [3.05, 3.63) is 10.6 Å². The molecule has 29 heavy (non-hydrogen) atoms. The largest absolute Gasteiger partial charge is 0.367 e. The minimum Gasteiger partial charge on any atom is -0.367 e. The number of thioether (sulfide) groups is 2. The Morgan fingerprint density at radius 2 is 2.07 bits per heavy atom. The average Bonchev–Trinajstić information content (AvgIpc) is 3.09. The van der Waals surface area contributed by atoms with Crippen LogP contribution in [-0.2, 0) is 0 Å². The molecule has 1 saturated carbocycles. The number of amidine groups is 1. The number of unbranched alkanes of at least 4 members (excludes halogenated alkanes) is 1. The number of allylic oxidation sites excluding steroid dienone is 1. The van der Waals surface area contributed by atoms with Crippen molar-refractivity contribution in [2.75, 3.05) is 0 Å². The first-order valence-electron chi connectivity index (χ1n) is 9.91. The highest BCUT2D eigenvalue weighted by molar-refractivity contribution is 9.10. The van der Waals surface area contributed by atoms with Gasteiger partial charge in [-0.15, -0.1) is 11.8 Å². The van der Waals surface area contributed by atoms with Crippen LogP contribution in [0.2, 0.25) is 0 Å². The quantitative estimate of drug-likeness (QED) is 0.263. The van der Waals surface area contributed by atoms with Gasteiger partial charge in [-0.1, -0.05) is 38.5 Å². The molecule has 3 N–H and O–H groups in total. The fourth-order valence-corrected chi connectivity index (χ4v) is 7.77. The zero-order chi connectivity index (χ0) is 21.8. The second-order valence-corrected chi connectivity index (χ2v) is 13.4. The zero-order valence-corrected chi connectivity index (χ0v) is 20.6. The predicted octanol–water partition coefficient (Wildman–Crippen LogP) is 5.01. The van der Waals surface area contributed by atoms with E-state index in [0.717, 1.165) is 29.9 Å². The van der Waals surface area contributed by atoms with Crippen LogP contribution in [0, 0.1) is 5.41 Å². The molecule has 5 nitrogen and oxygen atoms in total. The molecule has 3 unspecified atom stereocenters. The maximum atomic E-state index is 14.5. The summed E-state index contributed by atoms with van der Waals surface area (Å²) >= 11 is 6.52. The molecule has 0 spiro atoms. The lowest BCUT2D eigenvalue weighted by atomic mass is 9.79. The van der Waals surface area contributed by atoms with Gasteiger partial charge in [0.25, 0.3) is 5.92 Å². The predicted molar refractivity (Wildman–Crippen MR) is 120 cm³/mol. The lowest BCUT2D eigenvalue weighted by Crippen LogP contribution is -2.46. The van der Waals surface area contributed by atoms with E-state index in [-0.39, 0.29) is 18.1 Å². The molecular formula is C19H30BrF2N3O2S2. The molecule has 0 aromatic heterocycles. The van der Waals surface area contributed by atoms with E-state index in [2.05, 4.69) is 33.4 Å². The fraction of sp³-hybridized carbons (Fsp3) is 0.842.